The van der Waals surface area contributed by atoms with Crippen molar-refractivity contribution in [3.8, 4) is 11.4 Å². The number of carbonyl (C=O) groups is 1. The van der Waals surface area contributed by atoms with Gasteiger partial charge in [0.25, 0.3) is 0 Å². The molecule has 1 aliphatic heterocycles. The van der Waals surface area contributed by atoms with Crippen molar-refractivity contribution in [2.75, 3.05) is 19.6 Å². The van der Waals surface area contributed by atoms with Crippen molar-refractivity contribution in [1.82, 2.24) is 20.4 Å². The summed E-state index contributed by atoms with van der Waals surface area (Å²) < 4.78 is 5.31. The molecule has 0 spiro atoms. The number of halogens is 1. The number of carbonyl (C=O) groups excluding carboxylic acids is 1. The number of nitrogens with zero attached hydrogens (tertiary/aromatic N) is 3. The van der Waals surface area contributed by atoms with E-state index in [0.29, 0.717) is 36.5 Å². The van der Waals surface area contributed by atoms with E-state index in [2.05, 4.69) is 48.4 Å². The summed E-state index contributed by atoms with van der Waals surface area (Å²) in [5, 5.41) is 7.38. The number of amides is 1. The second-order valence-electron chi connectivity index (χ2n) is 6.98. The summed E-state index contributed by atoms with van der Waals surface area (Å²) in [5.74, 6) is 1.73. The van der Waals surface area contributed by atoms with E-state index in [0.717, 1.165) is 25.2 Å². The summed E-state index contributed by atoms with van der Waals surface area (Å²) in [6, 6.07) is 8.55. The predicted molar refractivity (Wildman–Crippen MR) is 103 cm³/mol. The van der Waals surface area contributed by atoms with Gasteiger partial charge in [-0.3, -0.25) is 4.79 Å². The number of aromatic nitrogens is 2. The van der Waals surface area contributed by atoms with Crippen LogP contribution in [0.2, 0.25) is 0 Å². The summed E-state index contributed by atoms with van der Waals surface area (Å²) in [7, 11) is 0. The maximum atomic E-state index is 12.3. The normalized spacial score (nSPS) is 17.2. The summed E-state index contributed by atoms with van der Waals surface area (Å²) in [5.41, 5.74) is 2.21. The van der Waals surface area contributed by atoms with Crippen molar-refractivity contribution in [3.05, 3.63) is 35.7 Å². The first-order valence-electron chi connectivity index (χ1n) is 8.97. The van der Waals surface area contributed by atoms with Gasteiger partial charge < -0.3 is 14.7 Å². The maximum Gasteiger partial charge on any atom is 0.227 e. The molecule has 1 aromatic carbocycles. The summed E-state index contributed by atoms with van der Waals surface area (Å²) in [6.45, 7) is 8.80. The standard InChI is InChI=1S/C19H26N4O2.ClH/c1-13(2)15-4-6-16(7-5-15)19-21-17(25-22-19)8-9-18(24)23-11-10-20-14(3)12-23;/h4-7,13-14,20H,8-12H2,1-3H3;1H. The van der Waals surface area contributed by atoms with Gasteiger partial charge in [0.15, 0.2) is 0 Å². The number of piperazine rings is 1. The van der Waals surface area contributed by atoms with E-state index in [4.69, 9.17) is 4.52 Å². The zero-order chi connectivity index (χ0) is 17.8. The Hall–Kier alpha value is -1.92. The molecule has 2 heterocycles. The molecule has 1 N–H and O–H groups in total. The molecule has 142 valence electrons. The van der Waals surface area contributed by atoms with E-state index in [1.165, 1.54) is 5.56 Å². The molecule has 7 heteroatoms. The lowest BCUT2D eigenvalue weighted by Crippen LogP contribution is -2.51. The van der Waals surface area contributed by atoms with Gasteiger partial charge in [0.2, 0.25) is 17.6 Å². The van der Waals surface area contributed by atoms with Crippen LogP contribution in [0.1, 0.15) is 44.6 Å². The first-order valence-corrected chi connectivity index (χ1v) is 8.97. The van der Waals surface area contributed by atoms with Gasteiger partial charge in [-0.1, -0.05) is 43.3 Å². The average molecular weight is 379 g/mol. The molecule has 1 fully saturated rings. The van der Waals surface area contributed by atoms with Crippen molar-refractivity contribution in [1.29, 1.82) is 0 Å². The van der Waals surface area contributed by atoms with E-state index in [9.17, 15) is 4.79 Å². The van der Waals surface area contributed by atoms with E-state index in [1.54, 1.807) is 0 Å². The van der Waals surface area contributed by atoms with E-state index < -0.39 is 0 Å². The fourth-order valence-corrected chi connectivity index (χ4v) is 3.02. The third-order valence-electron chi connectivity index (χ3n) is 4.58. The van der Waals surface area contributed by atoms with E-state index in [1.807, 2.05) is 17.0 Å². The van der Waals surface area contributed by atoms with Gasteiger partial charge in [-0.2, -0.15) is 4.98 Å². The lowest BCUT2D eigenvalue weighted by atomic mass is 10.0. The molecule has 0 aliphatic carbocycles. The van der Waals surface area contributed by atoms with Crippen molar-refractivity contribution < 1.29 is 9.32 Å². The molecule has 1 aliphatic rings. The maximum absolute atomic E-state index is 12.3. The molecule has 1 amide bonds. The lowest BCUT2D eigenvalue weighted by Gasteiger charge is -2.31. The summed E-state index contributed by atoms with van der Waals surface area (Å²) >= 11 is 0. The smallest absolute Gasteiger partial charge is 0.227 e. The molecule has 0 radical (unpaired) electrons. The monoisotopic (exact) mass is 378 g/mol. The van der Waals surface area contributed by atoms with Crippen LogP contribution in [-0.2, 0) is 11.2 Å². The van der Waals surface area contributed by atoms with Crippen LogP contribution in [0.25, 0.3) is 11.4 Å². The number of aryl methyl sites for hydroxylation is 1. The fourth-order valence-electron chi connectivity index (χ4n) is 3.02. The Morgan fingerprint density at radius 1 is 1.35 bits per heavy atom. The molecule has 0 saturated carbocycles. The van der Waals surface area contributed by atoms with Crippen LogP contribution >= 0.6 is 12.4 Å². The minimum atomic E-state index is 0. The Kier molecular flexibility index (Phi) is 7.17. The molecule has 1 unspecified atom stereocenters. The molecule has 6 nitrogen and oxygen atoms in total. The summed E-state index contributed by atoms with van der Waals surface area (Å²) in [6.07, 6.45) is 0.884. The fraction of sp³-hybridized carbons (Fsp3) is 0.526. The Morgan fingerprint density at radius 3 is 2.73 bits per heavy atom. The van der Waals surface area contributed by atoms with Gasteiger partial charge in [0, 0.05) is 44.1 Å². The van der Waals surface area contributed by atoms with Gasteiger partial charge in [0.05, 0.1) is 0 Å². The highest BCUT2D eigenvalue weighted by atomic mass is 35.5. The van der Waals surface area contributed by atoms with Crippen LogP contribution in [0.4, 0.5) is 0 Å². The second kappa shape index (κ2) is 9.14. The van der Waals surface area contributed by atoms with Crippen molar-refractivity contribution >= 4 is 18.3 Å². The van der Waals surface area contributed by atoms with Crippen molar-refractivity contribution in [2.45, 2.75) is 45.6 Å². The zero-order valence-corrected chi connectivity index (χ0v) is 16.4. The van der Waals surface area contributed by atoms with Crippen LogP contribution in [0.15, 0.2) is 28.8 Å². The van der Waals surface area contributed by atoms with Crippen molar-refractivity contribution in [2.24, 2.45) is 0 Å². The highest BCUT2D eigenvalue weighted by molar-refractivity contribution is 5.85. The third kappa shape index (κ3) is 5.05. The number of rotatable bonds is 5. The second-order valence-corrected chi connectivity index (χ2v) is 6.98. The van der Waals surface area contributed by atoms with Crippen LogP contribution in [-0.4, -0.2) is 46.6 Å². The average Bonchev–Trinajstić information content (AvgIpc) is 3.08. The number of benzene rings is 1. The van der Waals surface area contributed by atoms with Crippen LogP contribution in [0.3, 0.4) is 0 Å². The van der Waals surface area contributed by atoms with E-state index >= 15 is 0 Å². The number of hydrogen-bond donors (Lipinski definition) is 1. The number of nitrogens with one attached hydrogen (secondary N) is 1. The molecule has 2 aromatic rings. The molecule has 1 saturated heterocycles. The van der Waals surface area contributed by atoms with E-state index in [-0.39, 0.29) is 18.3 Å². The minimum Gasteiger partial charge on any atom is -0.340 e. The Labute approximate surface area is 160 Å². The molecule has 3 rings (SSSR count). The third-order valence-corrected chi connectivity index (χ3v) is 4.58. The predicted octanol–water partition coefficient (Wildman–Crippen LogP) is 3.03. The van der Waals surface area contributed by atoms with Crippen molar-refractivity contribution in [3.63, 3.8) is 0 Å². The number of hydrogen-bond acceptors (Lipinski definition) is 5. The lowest BCUT2D eigenvalue weighted by molar-refractivity contribution is -0.132. The Balaban J connectivity index is 0.00000243. The van der Waals surface area contributed by atoms with Crippen LogP contribution in [0.5, 0.6) is 0 Å². The van der Waals surface area contributed by atoms with Crippen LogP contribution in [0, 0.1) is 0 Å². The van der Waals surface area contributed by atoms with Gasteiger partial charge in [-0.25, -0.2) is 0 Å². The van der Waals surface area contributed by atoms with Gasteiger partial charge in [-0.05, 0) is 18.4 Å². The minimum absolute atomic E-state index is 0. The van der Waals surface area contributed by atoms with Crippen LogP contribution < -0.4 is 5.32 Å². The van der Waals surface area contributed by atoms with Gasteiger partial charge in [0.1, 0.15) is 0 Å². The largest absolute Gasteiger partial charge is 0.340 e. The molecular weight excluding hydrogens is 352 g/mol. The molecule has 1 atom stereocenters. The first-order chi connectivity index (χ1) is 12.0. The molecule has 26 heavy (non-hydrogen) atoms. The molecule has 1 aromatic heterocycles. The Morgan fingerprint density at radius 2 is 2.08 bits per heavy atom. The first kappa shape index (κ1) is 20.4. The van der Waals surface area contributed by atoms with Gasteiger partial charge >= 0.3 is 0 Å². The SMILES string of the molecule is CC1CN(C(=O)CCc2nc(-c3ccc(C(C)C)cc3)no2)CCN1.Cl. The highest BCUT2D eigenvalue weighted by Gasteiger charge is 2.21. The molecule has 0 bridgehead atoms. The zero-order valence-electron chi connectivity index (χ0n) is 15.6. The topological polar surface area (TPSA) is 71.3 Å². The quantitative estimate of drug-likeness (QED) is 0.865. The highest BCUT2D eigenvalue weighted by Crippen LogP contribution is 2.20. The Bertz CT molecular complexity index is 715. The van der Waals surface area contributed by atoms with Gasteiger partial charge in [-0.15, -0.1) is 12.4 Å². The summed E-state index contributed by atoms with van der Waals surface area (Å²) in [4.78, 5) is 18.6. The molecular formula is C19H27ClN4O2.